The first-order valence-corrected chi connectivity index (χ1v) is 8.34. The van der Waals surface area contributed by atoms with Crippen LogP contribution in [-0.4, -0.2) is 23.0 Å². The maximum atomic E-state index is 12.3. The standard InChI is InChI=1S/C16H14Cl4N2O2/c1-24-13-7-5-12(6-8-13)21-15(16(18,19)20)22-14(23)10-3-2-4-11(17)9-10/h2-9,15,21H,1H3,(H,22,23)/t15-/m1/s1. The molecule has 8 heteroatoms. The van der Waals surface area contributed by atoms with Gasteiger partial charge in [-0.15, -0.1) is 0 Å². The first-order chi connectivity index (χ1) is 11.3. The number of hydrogen-bond donors (Lipinski definition) is 2. The molecule has 0 spiro atoms. The number of hydrogen-bond acceptors (Lipinski definition) is 3. The molecule has 0 saturated heterocycles. The number of methoxy groups -OCH3 is 1. The average Bonchev–Trinajstić information content (AvgIpc) is 2.54. The number of amides is 1. The Morgan fingerprint density at radius 3 is 2.33 bits per heavy atom. The molecular weight excluding hydrogens is 394 g/mol. The molecule has 2 N–H and O–H groups in total. The van der Waals surface area contributed by atoms with E-state index in [0.717, 1.165) is 0 Å². The number of nitrogens with one attached hydrogen (secondary N) is 2. The quantitative estimate of drug-likeness (QED) is 0.548. The van der Waals surface area contributed by atoms with E-state index in [2.05, 4.69) is 10.6 Å². The highest BCUT2D eigenvalue weighted by Gasteiger charge is 2.34. The van der Waals surface area contributed by atoms with E-state index < -0.39 is 15.9 Å². The second-order valence-corrected chi connectivity index (χ2v) is 7.64. The van der Waals surface area contributed by atoms with Gasteiger partial charge in [-0.25, -0.2) is 0 Å². The van der Waals surface area contributed by atoms with Crippen LogP contribution in [0.15, 0.2) is 48.5 Å². The van der Waals surface area contributed by atoms with Gasteiger partial charge >= 0.3 is 0 Å². The fourth-order valence-corrected chi connectivity index (χ4v) is 2.42. The fourth-order valence-electron chi connectivity index (χ4n) is 1.90. The zero-order valence-corrected chi connectivity index (χ0v) is 15.5. The van der Waals surface area contributed by atoms with Crippen LogP contribution in [0.4, 0.5) is 5.69 Å². The third-order valence-corrected chi connectivity index (χ3v) is 3.98. The molecule has 0 heterocycles. The van der Waals surface area contributed by atoms with E-state index in [0.29, 0.717) is 22.0 Å². The van der Waals surface area contributed by atoms with E-state index in [4.69, 9.17) is 51.1 Å². The summed E-state index contributed by atoms with van der Waals surface area (Å²) in [5.74, 6) is 0.267. The minimum Gasteiger partial charge on any atom is -0.497 e. The number of ether oxygens (including phenoxy) is 1. The third-order valence-electron chi connectivity index (χ3n) is 3.09. The van der Waals surface area contributed by atoms with Gasteiger partial charge in [0.05, 0.1) is 7.11 Å². The lowest BCUT2D eigenvalue weighted by molar-refractivity contribution is 0.0942. The summed E-state index contributed by atoms with van der Waals surface area (Å²) in [6.45, 7) is 0. The second-order valence-electron chi connectivity index (χ2n) is 4.83. The third kappa shape index (κ3) is 5.35. The first kappa shape index (κ1) is 19.0. The molecule has 0 aliphatic carbocycles. The molecule has 4 nitrogen and oxygen atoms in total. The van der Waals surface area contributed by atoms with Crippen LogP contribution in [0.5, 0.6) is 5.75 Å². The van der Waals surface area contributed by atoms with Crippen molar-refractivity contribution in [2.45, 2.75) is 9.96 Å². The lowest BCUT2D eigenvalue weighted by Gasteiger charge is -2.27. The van der Waals surface area contributed by atoms with Crippen LogP contribution in [0.1, 0.15) is 10.4 Å². The molecule has 1 atom stereocenters. The van der Waals surface area contributed by atoms with Gasteiger partial charge in [0, 0.05) is 16.3 Å². The second kappa shape index (κ2) is 8.17. The Morgan fingerprint density at radius 1 is 1.12 bits per heavy atom. The van der Waals surface area contributed by atoms with Crippen LogP contribution in [0.2, 0.25) is 5.02 Å². The van der Waals surface area contributed by atoms with Crippen molar-refractivity contribution in [3.05, 3.63) is 59.1 Å². The van der Waals surface area contributed by atoms with E-state index in [1.54, 1.807) is 49.6 Å². The number of carbonyl (C=O) groups excluding carboxylic acids is 1. The molecule has 1 amide bonds. The summed E-state index contributed by atoms with van der Waals surface area (Å²) >= 11 is 23.8. The van der Waals surface area contributed by atoms with Crippen LogP contribution in [0.25, 0.3) is 0 Å². The van der Waals surface area contributed by atoms with Crippen molar-refractivity contribution in [2.24, 2.45) is 0 Å². The van der Waals surface area contributed by atoms with Gasteiger partial charge in [0.25, 0.3) is 5.91 Å². The Kier molecular flexibility index (Phi) is 6.47. The van der Waals surface area contributed by atoms with Crippen molar-refractivity contribution in [3.63, 3.8) is 0 Å². The van der Waals surface area contributed by atoms with Gasteiger partial charge in [0.2, 0.25) is 3.79 Å². The van der Waals surface area contributed by atoms with Gasteiger partial charge in [-0.2, -0.15) is 0 Å². The maximum Gasteiger partial charge on any atom is 0.253 e. The first-order valence-electron chi connectivity index (χ1n) is 6.83. The van der Waals surface area contributed by atoms with Crippen LogP contribution >= 0.6 is 46.4 Å². The monoisotopic (exact) mass is 406 g/mol. The molecule has 0 aromatic heterocycles. The minimum absolute atomic E-state index is 0.360. The van der Waals surface area contributed by atoms with Crippen molar-refractivity contribution in [3.8, 4) is 5.75 Å². The fraction of sp³-hybridized carbons (Fsp3) is 0.188. The Balaban J connectivity index is 2.14. The minimum atomic E-state index is -1.77. The van der Waals surface area contributed by atoms with Gasteiger partial charge in [-0.3, -0.25) is 4.79 Å². The van der Waals surface area contributed by atoms with Crippen LogP contribution in [0, 0.1) is 0 Å². The number of carbonyl (C=O) groups is 1. The molecule has 2 rings (SSSR count). The highest BCUT2D eigenvalue weighted by molar-refractivity contribution is 6.68. The van der Waals surface area contributed by atoms with Crippen molar-refractivity contribution < 1.29 is 9.53 Å². The van der Waals surface area contributed by atoms with E-state index in [1.807, 2.05) is 0 Å². The lowest BCUT2D eigenvalue weighted by Crippen LogP contribution is -2.49. The van der Waals surface area contributed by atoms with Gasteiger partial charge in [0.1, 0.15) is 11.9 Å². The number of halogens is 4. The highest BCUT2D eigenvalue weighted by Crippen LogP contribution is 2.31. The van der Waals surface area contributed by atoms with Crippen LogP contribution in [0.3, 0.4) is 0 Å². The van der Waals surface area contributed by atoms with E-state index >= 15 is 0 Å². The van der Waals surface area contributed by atoms with Gasteiger partial charge in [0.15, 0.2) is 0 Å². The molecule has 2 aromatic carbocycles. The predicted molar refractivity (Wildman–Crippen MR) is 99.6 cm³/mol. The van der Waals surface area contributed by atoms with Gasteiger partial charge in [-0.1, -0.05) is 52.5 Å². The summed E-state index contributed by atoms with van der Waals surface area (Å²) in [4.78, 5) is 12.3. The topological polar surface area (TPSA) is 50.4 Å². The molecule has 0 bridgehead atoms. The van der Waals surface area contributed by atoms with Gasteiger partial charge < -0.3 is 15.4 Å². The van der Waals surface area contributed by atoms with E-state index in [9.17, 15) is 4.79 Å². The molecule has 0 radical (unpaired) electrons. The Labute approximate surface area is 160 Å². The molecule has 0 saturated carbocycles. The Morgan fingerprint density at radius 2 is 1.79 bits per heavy atom. The molecule has 0 aliphatic heterocycles. The molecule has 0 aliphatic rings. The Bertz CT molecular complexity index is 702. The number of benzene rings is 2. The van der Waals surface area contributed by atoms with Crippen molar-refractivity contribution >= 4 is 58.0 Å². The normalized spacial score (nSPS) is 12.4. The molecular formula is C16H14Cl4N2O2. The van der Waals surface area contributed by atoms with E-state index in [1.165, 1.54) is 6.07 Å². The van der Waals surface area contributed by atoms with Crippen molar-refractivity contribution in [1.82, 2.24) is 5.32 Å². The smallest absolute Gasteiger partial charge is 0.253 e. The zero-order chi connectivity index (χ0) is 17.7. The van der Waals surface area contributed by atoms with Crippen LogP contribution < -0.4 is 15.4 Å². The largest absolute Gasteiger partial charge is 0.497 e. The zero-order valence-electron chi connectivity index (χ0n) is 12.5. The predicted octanol–water partition coefficient (Wildman–Crippen LogP) is 4.89. The maximum absolute atomic E-state index is 12.3. The SMILES string of the molecule is COc1ccc(N[C@H](NC(=O)c2cccc(Cl)c2)C(Cl)(Cl)Cl)cc1. The summed E-state index contributed by atoms with van der Waals surface area (Å²) in [5, 5.41) is 6.05. The number of anilines is 1. The Hall–Kier alpha value is -1.33. The molecule has 128 valence electrons. The molecule has 24 heavy (non-hydrogen) atoms. The average molecular weight is 408 g/mol. The summed E-state index contributed by atoms with van der Waals surface area (Å²) in [7, 11) is 1.57. The lowest BCUT2D eigenvalue weighted by atomic mass is 10.2. The van der Waals surface area contributed by atoms with Crippen LogP contribution in [-0.2, 0) is 0 Å². The highest BCUT2D eigenvalue weighted by atomic mass is 35.6. The number of alkyl halides is 3. The molecule has 2 aromatic rings. The summed E-state index contributed by atoms with van der Waals surface area (Å²) in [6, 6.07) is 13.5. The van der Waals surface area contributed by atoms with Crippen molar-refractivity contribution in [2.75, 3.05) is 12.4 Å². The molecule has 0 fully saturated rings. The van der Waals surface area contributed by atoms with Crippen molar-refractivity contribution in [1.29, 1.82) is 0 Å². The van der Waals surface area contributed by atoms with Gasteiger partial charge in [-0.05, 0) is 42.5 Å². The summed E-state index contributed by atoms with van der Waals surface area (Å²) in [6.07, 6.45) is -0.956. The summed E-state index contributed by atoms with van der Waals surface area (Å²) in [5.41, 5.74) is 1.01. The number of rotatable bonds is 5. The summed E-state index contributed by atoms with van der Waals surface area (Å²) < 4.78 is 3.32. The molecule has 0 unspecified atom stereocenters. The van der Waals surface area contributed by atoms with E-state index in [-0.39, 0.29) is 0 Å².